The zero-order valence-corrected chi connectivity index (χ0v) is 18.6. The van der Waals surface area contributed by atoms with Crippen LogP contribution in [0.1, 0.15) is 13.8 Å². The van der Waals surface area contributed by atoms with Crippen molar-refractivity contribution in [1.82, 2.24) is 9.34 Å². The number of carbonyl (C=O) groups is 2. The van der Waals surface area contributed by atoms with Gasteiger partial charge in [0, 0.05) is 26.4 Å². The van der Waals surface area contributed by atoms with Crippen LogP contribution in [0.15, 0.2) is 25.3 Å². The maximum Gasteiger partial charge on any atom is 0.323 e. The van der Waals surface area contributed by atoms with E-state index in [1.807, 2.05) is 0 Å². The summed E-state index contributed by atoms with van der Waals surface area (Å²) in [4.78, 5) is 23.8. The minimum atomic E-state index is -3.75. The van der Waals surface area contributed by atoms with Crippen LogP contribution in [-0.2, 0) is 32.5 Å². The first-order valence-corrected chi connectivity index (χ1v) is 12.2. The molecular weight excluding hydrogens is 394 g/mol. The molecule has 0 spiro atoms. The van der Waals surface area contributed by atoms with Gasteiger partial charge >= 0.3 is 11.9 Å². The maximum absolute atomic E-state index is 13.3. The van der Waals surface area contributed by atoms with Crippen molar-refractivity contribution in [2.75, 3.05) is 40.6 Å². The minimum Gasteiger partial charge on any atom is -0.468 e. The molecule has 0 fully saturated rings. The van der Waals surface area contributed by atoms with Crippen LogP contribution in [0.2, 0.25) is 0 Å². The van der Waals surface area contributed by atoms with Gasteiger partial charge < -0.3 is 9.47 Å². The molecule has 0 aliphatic rings. The molecule has 0 rings (SSSR count). The van der Waals surface area contributed by atoms with Crippen LogP contribution in [0, 0.1) is 0 Å². The average molecular weight is 424 g/mol. The summed E-state index contributed by atoms with van der Waals surface area (Å²) in [5, 5.41) is 0. The first-order chi connectivity index (χ1) is 12.4. The monoisotopic (exact) mass is 424 g/mol. The van der Waals surface area contributed by atoms with E-state index >= 15 is 0 Å². The maximum atomic E-state index is 13.3. The Kier molecular flexibility index (Phi) is 10.4. The molecule has 0 amide bonds. The van der Waals surface area contributed by atoms with Crippen LogP contribution in [0.3, 0.4) is 0 Å². The first-order valence-electron chi connectivity index (χ1n) is 8.17. The summed E-state index contributed by atoms with van der Waals surface area (Å²) < 4.78 is 43.9. The lowest BCUT2D eigenvalue weighted by atomic mass is 10.3. The molecule has 156 valence electrons. The van der Waals surface area contributed by atoms with Gasteiger partial charge in [0.25, 0.3) is 15.0 Å². The van der Waals surface area contributed by atoms with Gasteiger partial charge in [-0.3, -0.25) is 18.7 Å². The molecule has 0 N–H and O–H groups in total. The molecule has 4 atom stereocenters. The topological polar surface area (TPSA) is 102 Å². The Morgan fingerprint density at radius 2 is 1.19 bits per heavy atom. The Labute approximate surface area is 161 Å². The van der Waals surface area contributed by atoms with Gasteiger partial charge in [-0.25, -0.2) is 13.7 Å². The van der Waals surface area contributed by atoms with Gasteiger partial charge in [-0.05, 0) is 13.8 Å². The molecule has 0 aromatic rings. The number of esters is 2. The van der Waals surface area contributed by atoms with Crippen molar-refractivity contribution in [3.63, 3.8) is 0 Å². The van der Waals surface area contributed by atoms with E-state index in [1.54, 1.807) is 0 Å². The lowest BCUT2D eigenvalue weighted by Gasteiger charge is -2.37. The molecule has 27 heavy (non-hydrogen) atoms. The lowest BCUT2D eigenvalue weighted by Crippen LogP contribution is -2.40. The number of hydrogen-bond acceptors (Lipinski definition) is 7. The highest BCUT2D eigenvalue weighted by Gasteiger charge is 2.42. The summed E-state index contributed by atoms with van der Waals surface area (Å²) in [5.74, 6) is -1.25. The van der Waals surface area contributed by atoms with Gasteiger partial charge in [0.15, 0.2) is 0 Å². The molecule has 0 aliphatic carbocycles. The fraction of sp³-hybridized carbons (Fsp3) is 0.625. The second-order valence-corrected chi connectivity index (χ2v) is 10.8. The number of methoxy groups -OCH3 is 2. The van der Waals surface area contributed by atoms with Gasteiger partial charge in [-0.15, -0.1) is 13.2 Å². The van der Waals surface area contributed by atoms with Crippen molar-refractivity contribution >= 4 is 27.0 Å². The summed E-state index contributed by atoms with van der Waals surface area (Å²) >= 11 is 0. The smallest absolute Gasteiger partial charge is 0.323 e. The van der Waals surface area contributed by atoms with Crippen LogP contribution < -0.4 is 0 Å². The zero-order valence-electron chi connectivity index (χ0n) is 16.8. The predicted octanol–water partition coefficient (Wildman–Crippen LogP) is 2.75. The van der Waals surface area contributed by atoms with Gasteiger partial charge in [0.05, 0.1) is 14.2 Å². The second kappa shape index (κ2) is 10.9. The summed E-state index contributed by atoms with van der Waals surface area (Å²) in [7, 11) is -5.08. The number of carbonyl (C=O) groups excluding carboxylic acids is 2. The third-order valence-electron chi connectivity index (χ3n) is 3.85. The Bertz CT molecular complexity index is 599. The fourth-order valence-electron chi connectivity index (χ4n) is 2.47. The molecule has 0 aliphatic heterocycles. The molecular formula is C16H30N2O7P2. The number of nitrogens with zero attached hydrogens (tertiary/aromatic N) is 2. The van der Waals surface area contributed by atoms with Crippen LogP contribution in [-0.4, -0.2) is 74.0 Å². The van der Waals surface area contributed by atoms with Crippen molar-refractivity contribution in [3.8, 4) is 0 Å². The van der Waals surface area contributed by atoms with E-state index in [0.29, 0.717) is 0 Å². The fourth-order valence-corrected chi connectivity index (χ4v) is 7.74. The highest BCUT2D eigenvalue weighted by Crippen LogP contribution is 2.64. The normalized spacial score (nSPS) is 18.1. The molecule has 0 aromatic heterocycles. The summed E-state index contributed by atoms with van der Waals surface area (Å²) in [6, 6.07) is -1.84. The van der Waals surface area contributed by atoms with Gasteiger partial charge in [-0.1, -0.05) is 12.2 Å². The van der Waals surface area contributed by atoms with Gasteiger partial charge in [-0.2, -0.15) is 0 Å². The molecule has 0 radical (unpaired) electrons. The molecule has 11 heteroatoms. The standard InChI is InChI=1S/C16H30N2O7P2/c1-9-11-17(13(3)15(19)23-5)26(7,21)25-27(8,22)18(12-10-2)14(4)16(20)24-6/h9-10,13-14H,1-2,11-12H2,3-8H3/t13-,14-,26-,27+/m0/s1. The molecule has 0 saturated heterocycles. The van der Waals surface area contributed by atoms with E-state index in [-0.39, 0.29) is 13.1 Å². The van der Waals surface area contributed by atoms with Gasteiger partial charge in [0.2, 0.25) is 0 Å². The highest BCUT2D eigenvalue weighted by atomic mass is 31.2. The van der Waals surface area contributed by atoms with Crippen molar-refractivity contribution < 1.29 is 32.5 Å². The van der Waals surface area contributed by atoms with Gasteiger partial charge in [0.1, 0.15) is 12.1 Å². The Hall–Kier alpha value is -1.24. The van der Waals surface area contributed by atoms with E-state index in [0.717, 1.165) is 0 Å². The Morgan fingerprint density at radius 3 is 1.41 bits per heavy atom. The SMILES string of the molecule is C=CCN([C@@H](C)C(=O)OC)[P@@](C)(=O)O[P@@](C)(=O)N(CC=C)[C@@H](C)C(=O)OC. The van der Waals surface area contributed by atoms with Crippen molar-refractivity contribution in [2.45, 2.75) is 25.9 Å². The molecule has 0 heterocycles. The largest absolute Gasteiger partial charge is 0.468 e. The summed E-state index contributed by atoms with van der Waals surface area (Å²) in [6.07, 6.45) is 2.89. The zero-order chi connectivity index (χ0) is 21.4. The quantitative estimate of drug-likeness (QED) is 0.266. The Morgan fingerprint density at radius 1 is 0.889 bits per heavy atom. The predicted molar refractivity (Wildman–Crippen MR) is 105 cm³/mol. The van der Waals surface area contributed by atoms with E-state index in [4.69, 9.17) is 4.31 Å². The Balaban J connectivity index is 5.84. The molecule has 0 bridgehead atoms. The van der Waals surface area contributed by atoms with Crippen molar-refractivity contribution in [1.29, 1.82) is 0 Å². The second-order valence-electron chi connectivity index (χ2n) is 5.91. The van der Waals surface area contributed by atoms with E-state index in [9.17, 15) is 18.7 Å². The summed E-state index contributed by atoms with van der Waals surface area (Å²) in [5.41, 5.74) is 0. The van der Waals surface area contributed by atoms with Crippen LogP contribution >= 0.6 is 15.0 Å². The highest BCUT2D eigenvalue weighted by molar-refractivity contribution is 7.69. The lowest BCUT2D eigenvalue weighted by molar-refractivity contribution is -0.145. The number of ether oxygens (including phenoxy) is 2. The third-order valence-corrected chi connectivity index (χ3v) is 9.16. The van der Waals surface area contributed by atoms with E-state index in [2.05, 4.69) is 22.6 Å². The molecule has 0 unspecified atom stereocenters. The van der Waals surface area contributed by atoms with Crippen molar-refractivity contribution in [2.24, 2.45) is 0 Å². The number of hydrogen-bond donors (Lipinski definition) is 0. The number of rotatable bonds is 12. The molecule has 9 nitrogen and oxygen atoms in total. The first kappa shape index (κ1) is 25.8. The average Bonchev–Trinajstić information content (AvgIpc) is 2.60. The van der Waals surface area contributed by atoms with E-state index in [1.165, 1.54) is 62.9 Å². The van der Waals surface area contributed by atoms with Crippen LogP contribution in [0.25, 0.3) is 0 Å². The third kappa shape index (κ3) is 7.01. The molecule has 0 saturated carbocycles. The van der Waals surface area contributed by atoms with Crippen LogP contribution in [0.5, 0.6) is 0 Å². The van der Waals surface area contributed by atoms with Crippen LogP contribution in [0.4, 0.5) is 0 Å². The molecule has 0 aromatic carbocycles. The van der Waals surface area contributed by atoms with E-state index < -0.39 is 39.1 Å². The summed E-state index contributed by atoms with van der Waals surface area (Å²) in [6.45, 7) is 12.7. The minimum absolute atomic E-state index is 0.0397. The van der Waals surface area contributed by atoms with Crippen molar-refractivity contribution in [3.05, 3.63) is 25.3 Å².